The first-order valence-corrected chi connectivity index (χ1v) is 9.80. The molecular weight excluding hydrogens is 400 g/mol. The minimum atomic E-state index is -0.544. The maximum absolute atomic E-state index is 11.8. The Morgan fingerprint density at radius 1 is 0.774 bits per heavy atom. The number of phenols is 1. The molecule has 0 spiro atoms. The van der Waals surface area contributed by atoms with Gasteiger partial charge in [-0.2, -0.15) is 0 Å². The van der Waals surface area contributed by atoms with E-state index in [1.165, 1.54) is 30.4 Å². The molecule has 0 aliphatic heterocycles. The minimum Gasteiger partial charge on any atom is -0.507 e. The van der Waals surface area contributed by atoms with E-state index in [2.05, 4.69) is 19.7 Å². The first-order valence-electron chi connectivity index (χ1n) is 9.80. The SMILES string of the molecule is C=CCOC(=O)C1=C(C(=O)OCC=C)CCCC1.C=CCOC(=O)c1ccccc1O. The monoisotopic (exact) mass is 428 g/mol. The fraction of sp³-hybridized carbons (Fsp3) is 0.292. The van der Waals surface area contributed by atoms with Crippen molar-refractivity contribution in [1.82, 2.24) is 0 Å². The van der Waals surface area contributed by atoms with E-state index in [0.717, 1.165) is 12.8 Å². The van der Waals surface area contributed by atoms with Gasteiger partial charge < -0.3 is 19.3 Å². The number of hydrogen-bond acceptors (Lipinski definition) is 7. The molecular formula is C24H28O7. The summed E-state index contributed by atoms with van der Waals surface area (Å²) in [7, 11) is 0. The highest BCUT2D eigenvalue weighted by Gasteiger charge is 2.25. The Morgan fingerprint density at radius 3 is 1.61 bits per heavy atom. The van der Waals surface area contributed by atoms with Crippen LogP contribution in [0.1, 0.15) is 36.0 Å². The van der Waals surface area contributed by atoms with Crippen LogP contribution in [0, 0.1) is 0 Å². The Balaban J connectivity index is 0.000000327. The summed E-state index contributed by atoms with van der Waals surface area (Å²) in [4.78, 5) is 34.8. The molecule has 0 atom stereocenters. The fourth-order valence-corrected chi connectivity index (χ4v) is 2.66. The summed E-state index contributed by atoms with van der Waals surface area (Å²) >= 11 is 0. The van der Waals surface area contributed by atoms with E-state index >= 15 is 0 Å². The van der Waals surface area contributed by atoms with Gasteiger partial charge in [-0.05, 0) is 37.8 Å². The second kappa shape index (κ2) is 14.4. The van der Waals surface area contributed by atoms with Gasteiger partial charge in [-0.15, -0.1) is 0 Å². The van der Waals surface area contributed by atoms with Gasteiger partial charge in [0.05, 0.1) is 0 Å². The molecule has 0 bridgehead atoms. The van der Waals surface area contributed by atoms with Crippen LogP contribution in [0.25, 0.3) is 0 Å². The van der Waals surface area contributed by atoms with Crippen LogP contribution in [-0.4, -0.2) is 42.8 Å². The van der Waals surface area contributed by atoms with Gasteiger partial charge in [-0.1, -0.05) is 50.1 Å². The van der Waals surface area contributed by atoms with Crippen LogP contribution in [0.4, 0.5) is 0 Å². The lowest BCUT2D eigenvalue weighted by Crippen LogP contribution is -2.19. The van der Waals surface area contributed by atoms with Crippen LogP contribution in [0.3, 0.4) is 0 Å². The summed E-state index contributed by atoms with van der Waals surface area (Å²) in [6.07, 6.45) is 7.36. The highest BCUT2D eigenvalue weighted by atomic mass is 16.5. The van der Waals surface area contributed by atoms with Gasteiger partial charge >= 0.3 is 17.9 Å². The van der Waals surface area contributed by atoms with Crippen molar-refractivity contribution in [3.8, 4) is 5.75 Å². The average Bonchev–Trinajstić information content (AvgIpc) is 2.80. The van der Waals surface area contributed by atoms with E-state index in [4.69, 9.17) is 14.2 Å². The molecule has 1 N–H and O–H groups in total. The Labute approximate surface area is 182 Å². The van der Waals surface area contributed by atoms with Crippen molar-refractivity contribution in [3.05, 3.63) is 78.9 Å². The van der Waals surface area contributed by atoms with E-state index in [1.807, 2.05) is 0 Å². The second-order valence-electron chi connectivity index (χ2n) is 6.34. The van der Waals surface area contributed by atoms with E-state index in [9.17, 15) is 19.5 Å². The molecule has 1 aliphatic rings. The topological polar surface area (TPSA) is 99.1 Å². The zero-order valence-corrected chi connectivity index (χ0v) is 17.5. The van der Waals surface area contributed by atoms with Gasteiger partial charge in [0.2, 0.25) is 0 Å². The lowest BCUT2D eigenvalue weighted by Gasteiger charge is -2.17. The summed E-state index contributed by atoms with van der Waals surface area (Å²) in [5.41, 5.74) is 1.05. The Hall–Kier alpha value is -3.61. The van der Waals surface area contributed by atoms with Crippen LogP contribution in [0.5, 0.6) is 5.75 Å². The Morgan fingerprint density at radius 2 is 1.19 bits per heavy atom. The van der Waals surface area contributed by atoms with Crippen LogP contribution in [0.2, 0.25) is 0 Å². The van der Waals surface area contributed by atoms with Crippen molar-refractivity contribution in [3.63, 3.8) is 0 Å². The van der Waals surface area contributed by atoms with E-state index in [1.54, 1.807) is 12.1 Å². The van der Waals surface area contributed by atoms with E-state index in [0.29, 0.717) is 24.0 Å². The number of hydrogen-bond donors (Lipinski definition) is 1. The van der Waals surface area contributed by atoms with Gasteiger partial charge in [0.1, 0.15) is 31.1 Å². The molecule has 7 nitrogen and oxygen atoms in total. The molecule has 0 fully saturated rings. The molecule has 0 saturated heterocycles. The van der Waals surface area contributed by atoms with Crippen LogP contribution in [0.15, 0.2) is 73.4 Å². The third kappa shape index (κ3) is 8.74. The highest BCUT2D eigenvalue weighted by Crippen LogP contribution is 2.26. The number of benzene rings is 1. The molecule has 0 aromatic heterocycles. The predicted octanol–water partition coefficient (Wildman–Crippen LogP) is 4.05. The summed E-state index contributed by atoms with van der Waals surface area (Å²) < 4.78 is 14.7. The second-order valence-corrected chi connectivity index (χ2v) is 6.34. The van der Waals surface area contributed by atoms with Gasteiger partial charge in [0.25, 0.3) is 0 Å². The Bertz CT molecular complexity index is 800. The van der Waals surface area contributed by atoms with Crippen molar-refractivity contribution in [2.24, 2.45) is 0 Å². The standard InChI is InChI=1S/C14H18O4.C10H10O3/c1-3-9-17-13(15)11-7-5-6-8-12(11)14(16)18-10-4-2;1-2-7-13-10(12)8-5-3-4-6-9(8)11/h3-4H,1-2,5-10H2;2-6,11H,1,7H2. The number of rotatable bonds is 9. The maximum atomic E-state index is 11.8. The number of carbonyl (C=O) groups is 3. The number of ether oxygens (including phenoxy) is 3. The van der Waals surface area contributed by atoms with Gasteiger partial charge in [0.15, 0.2) is 0 Å². The molecule has 2 rings (SSSR count). The van der Waals surface area contributed by atoms with Gasteiger partial charge in [-0.25, -0.2) is 14.4 Å². The molecule has 1 aromatic rings. The first-order chi connectivity index (χ1) is 15.0. The molecule has 7 heteroatoms. The molecule has 1 aromatic carbocycles. The lowest BCUT2D eigenvalue weighted by atomic mass is 9.92. The summed E-state index contributed by atoms with van der Waals surface area (Å²) in [5.74, 6) is -1.50. The van der Waals surface area contributed by atoms with E-state index in [-0.39, 0.29) is 31.1 Å². The summed E-state index contributed by atoms with van der Waals surface area (Å²) in [6, 6.07) is 6.23. The number of para-hydroxylation sites is 1. The first kappa shape index (κ1) is 25.4. The lowest BCUT2D eigenvalue weighted by molar-refractivity contribution is -0.141. The number of aromatic hydroxyl groups is 1. The quantitative estimate of drug-likeness (QED) is 0.360. The molecule has 0 saturated carbocycles. The predicted molar refractivity (Wildman–Crippen MR) is 116 cm³/mol. The highest BCUT2D eigenvalue weighted by molar-refractivity contribution is 6.00. The van der Waals surface area contributed by atoms with Crippen LogP contribution in [-0.2, 0) is 23.8 Å². The van der Waals surface area contributed by atoms with Crippen molar-refractivity contribution < 1.29 is 33.7 Å². The van der Waals surface area contributed by atoms with Crippen molar-refractivity contribution in [2.75, 3.05) is 19.8 Å². The zero-order valence-electron chi connectivity index (χ0n) is 17.5. The largest absolute Gasteiger partial charge is 0.507 e. The molecule has 0 unspecified atom stereocenters. The third-order valence-corrected chi connectivity index (χ3v) is 4.08. The van der Waals surface area contributed by atoms with Crippen LogP contribution >= 0.6 is 0 Å². The molecule has 0 radical (unpaired) electrons. The molecule has 1 aliphatic carbocycles. The normalized spacial score (nSPS) is 12.5. The number of carbonyl (C=O) groups excluding carboxylic acids is 3. The third-order valence-electron chi connectivity index (χ3n) is 4.08. The van der Waals surface area contributed by atoms with Crippen molar-refractivity contribution >= 4 is 17.9 Å². The van der Waals surface area contributed by atoms with E-state index < -0.39 is 17.9 Å². The van der Waals surface area contributed by atoms with Gasteiger partial charge in [0, 0.05) is 11.1 Å². The van der Waals surface area contributed by atoms with Crippen LogP contribution < -0.4 is 0 Å². The minimum absolute atomic E-state index is 0.0726. The molecule has 31 heavy (non-hydrogen) atoms. The molecule has 0 heterocycles. The van der Waals surface area contributed by atoms with Crippen molar-refractivity contribution in [1.29, 1.82) is 0 Å². The Kier molecular flexibility index (Phi) is 11.8. The molecule has 0 amide bonds. The fourth-order valence-electron chi connectivity index (χ4n) is 2.66. The summed E-state index contributed by atoms with van der Waals surface area (Å²) in [5, 5.41) is 9.25. The van der Waals surface area contributed by atoms with Crippen molar-refractivity contribution in [2.45, 2.75) is 25.7 Å². The smallest absolute Gasteiger partial charge is 0.342 e. The number of esters is 3. The summed E-state index contributed by atoms with van der Waals surface area (Å²) in [6.45, 7) is 10.8. The average molecular weight is 428 g/mol. The zero-order chi connectivity index (χ0) is 23.1. The molecule has 166 valence electrons. The maximum Gasteiger partial charge on any atom is 0.342 e. The number of phenolic OH excluding ortho intramolecular Hbond substituents is 1. The van der Waals surface area contributed by atoms with Gasteiger partial charge in [-0.3, -0.25) is 0 Å².